The smallest absolute Gasteiger partial charge is 0.0694 e. The third kappa shape index (κ3) is 1.23. The zero-order chi connectivity index (χ0) is 12.0. The van der Waals surface area contributed by atoms with Gasteiger partial charge in [0.05, 0.1) is 5.54 Å². The lowest BCUT2D eigenvalue weighted by molar-refractivity contribution is 0.228. The molecule has 0 radical (unpaired) electrons. The topological polar surface area (TPSA) is 3.24 Å². The molecule has 0 saturated heterocycles. The molecule has 0 aliphatic heterocycles. The highest BCUT2D eigenvalue weighted by Gasteiger charge is 2.40. The summed E-state index contributed by atoms with van der Waals surface area (Å²) in [6, 6.07) is 17.4. The zero-order valence-corrected chi connectivity index (χ0v) is 10.6. The van der Waals surface area contributed by atoms with Gasteiger partial charge in [-0.15, -0.1) is 0 Å². The Bertz CT molecular complexity index is 524. The SMILES string of the molecule is CN(C)C1(C)c2ccccc2-c2ccccc21. The average Bonchev–Trinajstić information content (AvgIpc) is 2.63. The summed E-state index contributed by atoms with van der Waals surface area (Å²) in [5.41, 5.74) is 5.56. The fourth-order valence-electron chi connectivity index (χ4n) is 2.91. The van der Waals surface area contributed by atoms with Crippen molar-refractivity contribution in [2.75, 3.05) is 14.1 Å². The Labute approximate surface area is 103 Å². The summed E-state index contributed by atoms with van der Waals surface area (Å²) in [6.45, 7) is 2.30. The van der Waals surface area contributed by atoms with E-state index in [1.54, 1.807) is 0 Å². The van der Waals surface area contributed by atoms with Crippen molar-refractivity contribution in [3.8, 4) is 11.1 Å². The van der Waals surface area contributed by atoms with Crippen LogP contribution in [0.4, 0.5) is 0 Å². The van der Waals surface area contributed by atoms with Crippen LogP contribution >= 0.6 is 0 Å². The van der Waals surface area contributed by atoms with Crippen LogP contribution in [0.1, 0.15) is 18.1 Å². The number of benzene rings is 2. The molecule has 2 aromatic carbocycles. The summed E-state index contributed by atoms with van der Waals surface area (Å²) in [5.74, 6) is 0. The van der Waals surface area contributed by atoms with Gasteiger partial charge in [-0.25, -0.2) is 0 Å². The quantitative estimate of drug-likeness (QED) is 0.715. The summed E-state index contributed by atoms with van der Waals surface area (Å²) in [7, 11) is 4.30. The third-order valence-electron chi connectivity index (χ3n) is 4.09. The highest BCUT2D eigenvalue weighted by Crippen LogP contribution is 2.49. The van der Waals surface area contributed by atoms with Crippen LogP contribution in [0, 0.1) is 0 Å². The molecule has 0 unspecified atom stereocenters. The van der Waals surface area contributed by atoms with E-state index in [2.05, 4.69) is 74.4 Å². The summed E-state index contributed by atoms with van der Waals surface area (Å²) >= 11 is 0. The molecule has 0 aromatic heterocycles. The molecule has 0 fully saturated rings. The lowest BCUT2D eigenvalue weighted by Crippen LogP contribution is -2.37. The monoisotopic (exact) mass is 223 g/mol. The fourth-order valence-corrected chi connectivity index (χ4v) is 2.91. The minimum Gasteiger partial charge on any atom is -0.296 e. The molecule has 1 nitrogen and oxygen atoms in total. The van der Waals surface area contributed by atoms with Crippen LogP contribution in [-0.2, 0) is 5.54 Å². The summed E-state index contributed by atoms with van der Waals surface area (Å²) < 4.78 is 0. The van der Waals surface area contributed by atoms with Crippen LogP contribution in [-0.4, -0.2) is 19.0 Å². The van der Waals surface area contributed by atoms with E-state index in [0.717, 1.165) is 0 Å². The van der Waals surface area contributed by atoms with Crippen molar-refractivity contribution >= 4 is 0 Å². The number of hydrogen-bond acceptors (Lipinski definition) is 1. The van der Waals surface area contributed by atoms with Crippen LogP contribution in [0.25, 0.3) is 11.1 Å². The van der Waals surface area contributed by atoms with Crippen LogP contribution in [0.5, 0.6) is 0 Å². The third-order valence-corrected chi connectivity index (χ3v) is 4.09. The van der Waals surface area contributed by atoms with E-state index in [4.69, 9.17) is 0 Å². The molecule has 1 aliphatic carbocycles. The first-order chi connectivity index (χ1) is 8.15. The van der Waals surface area contributed by atoms with E-state index in [-0.39, 0.29) is 5.54 Å². The molecule has 0 spiro atoms. The number of fused-ring (bicyclic) bond motifs is 3. The van der Waals surface area contributed by atoms with Gasteiger partial charge in [0.15, 0.2) is 0 Å². The van der Waals surface area contributed by atoms with Gasteiger partial charge in [0.2, 0.25) is 0 Å². The van der Waals surface area contributed by atoms with Crippen molar-refractivity contribution in [2.45, 2.75) is 12.5 Å². The lowest BCUT2D eigenvalue weighted by Gasteiger charge is -2.34. The molecule has 0 N–H and O–H groups in total. The molecule has 86 valence electrons. The number of hydrogen-bond donors (Lipinski definition) is 0. The lowest BCUT2D eigenvalue weighted by atomic mass is 9.88. The molecule has 0 bridgehead atoms. The van der Waals surface area contributed by atoms with Crippen molar-refractivity contribution in [1.29, 1.82) is 0 Å². The molecule has 17 heavy (non-hydrogen) atoms. The molecular formula is C16H17N. The Morgan fingerprint density at radius 2 is 1.18 bits per heavy atom. The first kappa shape index (κ1) is 10.5. The van der Waals surface area contributed by atoms with Crippen LogP contribution in [0.3, 0.4) is 0 Å². The van der Waals surface area contributed by atoms with E-state index in [1.807, 2.05) is 0 Å². The Morgan fingerprint density at radius 1 is 0.765 bits per heavy atom. The van der Waals surface area contributed by atoms with Crippen LogP contribution in [0.15, 0.2) is 48.5 Å². The summed E-state index contributed by atoms with van der Waals surface area (Å²) in [4.78, 5) is 2.30. The van der Waals surface area contributed by atoms with E-state index in [1.165, 1.54) is 22.3 Å². The zero-order valence-electron chi connectivity index (χ0n) is 10.6. The van der Waals surface area contributed by atoms with Gasteiger partial charge >= 0.3 is 0 Å². The maximum absolute atomic E-state index is 2.30. The molecule has 1 heteroatoms. The van der Waals surface area contributed by atoms with Gasteiger partial charge in [0, 0.05) is 0 Å². The van der Waals surface area contributed by atoms with Crippen molar-refractivity contribution < 1.29 is 0 Å². The standard InChI is InChI=1S/C16H17N/c1-16(17(2)3)14-10-6-4-8-12(14)13-9-5-7-11-15(13)16/h4-11H,1-3H3. The Hall–Kier alpha value is -1.60. The van der Waals surface area contributed by atoms with Crippen LogP contribution in [0.2, 0.25) is 0 Å². The highest BCUT2D eigenvalue weighted by molar-refractivity contribution is 5.80. The molecule has 0 heterocycles. The molecule has 0 saturated carbocycles. The average molecular weight is 223 g/mol. The number of nitrogens with zero attached hydrogens (tertiary/aromatic N) is 1. The van der Waals surface area contributed by atoms with Gasteiger partial charge in [0.25, 0.3) is 0 Å². The molecular weight excluding hydrogens is 206 g/mol. The van der Waals surface area contributed by atoms with Gasteiger partial charge in [-0.1, -0.05) is 48.5 Å². The largest absolute Gasteiger partial charge is 0.296 e. The first-order valence-electron chi connectivity index (χ1n) is 6.02. The predicted molar refractivity (Wildman–Crippen MR) is 72.0 cm³/mol. The van der Waals surface area contributed by atoms with E-state index in [0.29, 0.717) is 0 Å². The van der Waals surface area contributed by atoms with E-state index >= 15 is 0 Å². The second-order valence-electron chi connectivity index (χ2n) is 5.06. The maximum Gasteiger partial charge on any atom is 0.0694 e. The summed E-state index contributed by atoms with van der Waals surface area (Å²) in [6.07, 6.45) is 0. The fraction of sp³-hybridized carbons (Fsp3) is 0.250. The maximum atomic E-state index is 2.30. The predicted octanol–water partition coefficient (Wildman–Crippen LogP) is 3.49. The van der Waals surface area contributed by atoms with Crippen molar-refractivity contribution in [2.24, 2.45) is 0 Å². The first-order valence-corrected chi connectivity index (χ1v) is 6.02. The Balaban J connectivity index is 2.39. The Kier molecular flexibility index (Phi) is 2.14. The molecule has 0 amide bonds. The minimum atomic E-state index is -0.00676. The van der Waals surface area contributed by atoms with Crippen molar-refractivity contribution in [1.82, 2.24) is 4.90 Å². The van der Waals surface area contributed by atoms with Gasteiger partial charge in [0.1, 0.15) is 0 Å². The molecule has 1 aliphatic rings. The molecule has 2 aromatic rings. The van der Waals surface area contributed by atoms with E-state index < -0.39 is 0 Å². The molecule has 3 rings (SSSR count). The van der Waals surface area contributed by atoms with Gasteiger partial charge in [-0.05, 0) is 43.3 Å². The van der Waals surface area contributed by atoms with Crippen LogP contribution < -0.4 is 0 Å². The minimum absolute atomic E-state index is 0.00676. The van der Waals surface area contributed by atoms with Gasteiger partial charge in [-0.2, -0.15) is 0 Å². The van der Waals surface area contributed by atoms with E-state index in [9.17, 15) is 0 Å². The second-order valence-corrected chi connectivity index (χ2v) is 5.06. The second kappa shape index (κ2) is 3.44. The highest BCUT2D eigenvalue weighted by atomic mass is 15.1. The molecule has 0 atom stereocenters. The summed E-state index contributed by atoms with van der Waals surface area (Å²) in [5, 5.41) is 0. The van der Waals surface area contributed by atoms with Gasteiger partial charge < -0.3 is 0 Å². The Morgan fingerprint density at radius 3 is 1.59 bits per heavy atom. The number of rotatable bonds is 1. The normalized spacial score (nSPS) is 15.8. The van der Waals surface area contributed by atoms with Crippen molar-refractivity contribution in [3.05, 3.63) is 59.7 Å². The van der Waals surface area contributed by atoms with Gasteiger partial charge in [-0.3, -0.25) is 4.90 Å². The van der Waals surface area contributed by atoms with Crippen molar-refractivity contribution in [3.63, 3.8) is 0 Å².